The van der Waals surface area contributed by atoms with Crippen LogP contribution < -0.4 is 10.5 Å². The van der Waals surface area contributed by atoms with Crippen LogP contribution in [0.5, 0.6) is 0 Å². The topological polar surface area (TPSA) is 82.2 Å². The van der Waals surface area contributed by atoms with Crippen LogP contribution in [0.3, 0.4) is 0 Å². The highest BCUT2D eigenvalue weighted by Crippen LogP contribution is 2.32. The van der Waals surface area contributed by atoms with Crippen LogP contribution >= 0.6 is 0 Å². The van der Waals surface area contributed by atoms with Crippen molar-refractivity contribution in [2.75, 3.05) is 11.4 Å². The summed E-state index contributed by atoms with van der Waals surface area (Å²) >= 11 is 0. The Labute approximate surface area is 141 Å². The Morgan fingerprint density at radius 3 is 2.88 bits per heavy atom. The van der Waals surface area contributed by atoms with Gasteiger partial charge in [-0.3, -0.25) is 4.79 Å². The Balaban J connectivity index is 2.20. The minimum atomic E-state index is -0.318. The van der Waals surface area contributed by atoms with Gasteiger partial charge in [-0.25, -0.2) is 4.98 Å². The van der Waals surface area contributed by atoms with E-state index >= 15 is 0 Å². The number of aliphatic hydroxyl groups excluding tert-OH is 1. The molecule has 126 valence electrons. The molecule has 24 heavy (non-hydrogen) atoms. The monoisotopic (exact) mass is 326 g/mol. The van der Waals surface area contributed by atoms with Crippen molar-refractivity contribution >= 4 is 16.7 Å². The third-order valence-electron chi connectivity index (χ3n) is 5.11. The number of nitrogens with zero attached hydrogens (tertiary/aromatic N) is 4. The molecule has 0 radical (unpaired) electrons. The first-order valence-electron chi connectivity index (χ1n) is 8.31. The number of aryl methyl sites for hydroxylation is 1. The summed E-state index contributed by atoms with van der Waals surface area (Å²) in [6.45, 7) is 4.79. The van der Waals surface area contributed by atoms with E-state index < -0.39 is 0 Å². The molecule has 0 spiro atoms. The maximum Gasteiger partial charge on any atom is 0.252 e. The van der Waals surface area contributed by atoms with Crippen LogP contribution in [0.1, 0.15) is 32.4 Å². The second kappa shape index (κ2) is 6.25. The summed E-state index contributed by atoms with van der Waals surface area (Å²) in [5.74, 6) is 0.166. The number of hydrogen-bond acceptors (Lipinski definition) is 5. The van der Waals surface area contributed by atoms with Crippen molar-refractivity contribution in [2.24, 2.45) is 13.0 Å². The zero-order chi connectivity index (χ0) is 17.4. The minimum Gasteiger partial charge on any atom is -0.393 e. The molecule has 0 bridgehead atoms. The third-order valence-corrected chi connectivity index (χ3v) is 5.11. The lowest BCUT2D eigenvalue weighted by Gasteiger charge is -2.42. The van der Waals surface area contributed by atoms with Gasteiger partial charge in [0.25, 0.3) is 5.56 Å². The van der Waals surface area contributed by atoms with Gasteiger partial charge in [0.2, 0.25) is 0 Å². The van der Waals surface area contributed by atoms with Crippen LogP contribution in [0.4, 0.5) is 5.69 Å². The van der Waals surface area contributed by atoms with Crippen LogP contribution in [0, 0.1) is 17.2 Å². The van der Waals surface area contributed by atoms with E-state index in [0.29, 0.717) is 29.7 Å². The molecular weight excluding hydrogens is 304 g/mol. The number of fused-ring (bicyclic) bond motifs is 1. The van der Waals surface area contributed by atoms with Crippen LogP contribution in [0.15, 0.2) is 23.0 Å². The highest BCUT2D eigenvalue weighted by molar-refractivity contribution is 5.88. The molecule has 1 aliphatic rings. The molecule has 1 fully saturated rings. The maximum absolute atomic E-state index is 12.4. The smallest absolute Gasteiger partial charge is 0.252 e. The zero-order valence-corrected chi connectivity index (χ0v) is 14.2. The first kappa shape index (κ1) is 16.5. The van der Waals surface area contributed by atoms with Gasteiger partial charge in [0, 0.05) is 31.6 Å². The Bertz CT molecular complexity index is 868. The number of piperidine rings is 1. The Morgan fingerprint density at radius 1 is 1.46 bits per heavy atom. The number of aliphatic hydroxyl groups is 1. The van der Waals surface area contributed by atoms with Crippen molar-refractivity contribution in [3.05, 3.63) is 34.2 Å². The molecular formula is C18H22N4O2. The largest absolute Gasteiger partial charge is 0.393 e. The van der Waals surface area contributed by atoms with Gasteiger partial charge in [0.15, 0.2) is 0 Å². The lowest BCUT2D eigenvalue weighted by Crippen LogP contribution is -2.48. The first-order valence-corrected chi connectivity index (χ1v) is 8.31. The van der Waals surface area contributed by atoms with Gasteiger partial charge in [-0.1, -0.05) is 6.92 Å². The van der Waals surface area contributed by atoms with E-state index in [1.54, 1.807) is 29.8 Å². The van der Waals surface area contributed by atoms with Crippen molar-refractivity contribution in [2.45, 2.75) is 38.8 Å². The van der Waals surface area contributed by atoms with E-state index in [-0.39, 0.29) is 23.6 Å². The lowest BCUT2D eigenvalue weighted by molar-refractivity contribution is 0.0734. The fourth-order valence-electron chi connectivity index (χ4n) is 3.55. The van der Waals surface area contributed by atoms with Gasteiger partial charge >= 0.3 is 0 Å². The Kier molecular flexibility index (Phi) is 4.29. The summed E-state index contributed by atoms with van der Waals surface area (Å²) in [6.07, 6.45) is 1.22. The van der Waals surface area contributed by atoms with Crippen molar-refractivity contribution in [1.29, 1.82) is 5.26 Å². The number of anilines is 1. The molecule has 2 aromatic rings. The van der Waals surface area contributed by atoms with Gasteiger partial charge in [0.05, 0.1) is 17.3 Å². The standard InChI is InChI=1S/C18H22N4O2/c1-4-12-10-22(11(2)7-16(12)23)15-8-17(24)21(3)14-6-5-13(9-19)20-18(14)15/h5-6,8,11-12,16,23H,4,7,10H2,1-3H3/t11-,12-,16+/m1/s1. The summed E-state index contributed by atoms with van der Waals surface area (Å²) in [4.78, 5) is 19.0. The molecule has 0 aliphatic carbocycles. The molecule has 0 amide bonds. The summed E-state index contributed by atoms with van der Waals surface area (Å²) in [7, 11) is 1.71. The molecule has 3 atom stereocenters. The van der Waals surface area contributed by atoms with E-state index in [2.05, 4.69) is 22.9 Å². The fraction of sp³-hybridized carbons (Fsp3) is 0.500. The van der Waals surface area contributed by atoms with Crippen molar-refractivity contribution in [3.8, 4) is 6.07 Å². The van der Waals surface area contributed by atoms with Crippen molar-refractivity contribution in [3.63, 3.8) is 0 Å². The second-order valence-corrected chi connectivity index (χ2v) is 6.58. The molecule has 1 saturated heterocycles. The number of nitriles is 1. The normalized spacial score (nSPS) is 24.1. The number of rotatable bonds is 2. The average Bonchev–Trinajstić information content (AvgIpc) is 2.58. The molecule has 3 rings (SSSR count). The summed E-state index contributed by atoms with van der Waals surface area (Å²) in [6, 6.07) is 7.16. The van der Waals surface area contributed by atoms with E-state index in [1.807, 2.05) is 6.92 Å². The SMILES string of the molecule is CC[C@@H]1CN(c2cc(=O)n(C)c3ccc(C#N)nc23)[C@H](C)C[C@@H]1O. The fourth-order valence-corrected chi connectivity index (χ4v) is 3.55. The maximum atomic E-state index is 12.4. The van der Waals surface area contributed by atoms with Crippen molar-refractivity contribution < 1.29 is 5.11 Å². The predicted molar refractivity (Wildman–Crippen MR) is 92.9 cm³/mol. The van der Waals surface area contributed by atoms with Gasteiger partial charge in [-0.2, -0.15) is 5.26 Å². The van der Waals surface area contributed by atoms with Gasteiger partial charge < -0.3 is 14.6 Å². The average molecular weight is 326 g/mol. The molecule has 6 heteroatoms. The van der Waals surface area contributed by atoms with Crippen LogP contribution in [-0.2, 0) is 7.05 Å². The Morgan fingerprint density at radius 2 is 2.21 bits per heavy atom. The number of pyridine rings is 2. The predicted octanol–water partition coefficient (Wildman–Crippen LogP) is 1.79. The lowest BCUT2D eigenvalue weighted by atomic mass is 9.88. The van der Waals surface area contributed by atoms with E-state index in [1.165, 1.54) is 0 Å². The summed E-state index contributed by atoms with van der Waals surface area (Å²) in [5.41, 5.74) is 2.36. The van der Waals surface area contributed by atoms with E-state index in [9.17, 15) is 9.90 Å². The van der Waals surface area contributed by atoms with E-state index in [0.717, 1.165) is 12.1 Å². The summed E-state index contributed by atoms with van der Waals surface area (Å²) < 4.78 is 1.55. The van der Waals surface area contributed by atoms with Crippen molar-refractivity contribution in [1.82, 2.24) is 9.55 Å². The molecule has 1 N–H and O–H groups in total. The number of aromatic nitrogens is 2. The van der Waals surface area contributed by atoms with E-state index in [4.69, 9.17) is 5.26 Å². The zero-order valence-electron chi connectivity index (χ0n) is 14.2. The highest BCUT2D eigenvalue weighted by Gasteiger charge is 2.32. The first-order chi connectivity index (χ1) is 11.5. The van der Waals surface area contributed by atoms with Gasteiger partial charge in [-0.15, -0.1) is 0 Å². The van der Waals surface area contributed by atoms with Gasteiger partial charge in [-0.05, 0) is 31.9 Å². The molecule has 0 saturated carbocycles. The van der Waals surface area contributed by atoms with Crippen LogP contribution in [-0.4, -0.2) is 33.3 Å². The minimum absolute atomic E-state index is 0.102. The molecule has 6 nitrogen and oxygen atoms in total. The molecule has 2 aromatic heterocycles. The molecule has 3 heterocycles. The van der Waals surface area contributed by atoms with Crippen LogP contribution in [0.25, 0.3) is 11.0 Å². The second-order valence-electron chi connectivity index (χ2n) is 6.58. The van der Waals surface area contributed by atoms with Gasteiger partial charge in [0.1, 0.15) is 17.3 Å². The summed E-state index contributed by atoms with van der Waals surface area (Å²) in [5, 5.41) is 19.4. The van der Waals surface area contributed by atoms with Crippen LogP contribution in [0.2, 0.25) is 0 Å². The molecule has 0 unspecified atom stereocenters. The molecule has 0 aromatic carbocycles. The molecule has 1 aliphatic heterocycles. The number of hydrogen-bond donors (Lipinski definition) is 1. The third kappa shape index (κ3) is 2.65. The Hall–Kier alpha value is -2.39. The quantitative estimate of drug-likeness (QED) is 0.910. The highest BCUT2D eigenvalue weighted by atomic mass is 16.3.